The maximum Gasteiger partial charge on any atom is 0.252 e. The lowest BCUT2D eigenvalue weighted by atomic mass is 10.2. The fraction of sp³-hybridized carbons (Fsp3) is 0.273. The summed E-state index contributed by atoms with van der Waals surface area (Å²) >= 11 is 0. The smallest absolute Gasteiger partial charge is 0.252 e. The van der Waals surface area contributed by atoms with Crippen molar-refractivity contribution in [1.29, 1.82) is 0 Å². The van der Waals surface area contributed by atoms with Crippen LogP contribution in [0.3, 0.4) is 0 Å². The van der Waals surface area contributed by atoms with Crippen molar-refractivity contribution in [3.05, 3.63) is 29.8 Å². The van der Waals surface area contributed by atoms with E-state index in [0.717, 1.165) is 17.2 Å². The molecule has 0 aromatic carbocycles. The Labute approximate surface area is 102 Å². The van der Waals surface area contributed by atoms with Crippen LogP contribution in [0.25, 0.3) is 0 Å². The molecule has 1 aliphatic heterocycles. The van der Waals surface area contributed by atoms with Gasteiger partial charge < -0.3 is 5.32 Å². The number of likely N-dealkylation sites (tertiary alicyclic amines) is 1. The third-order valence-electron chi connectivity index (χ3n) is 2.68. The predicted octanol–water partition coefficient (Wildman–Crippen LogP) is -0.292. The number of rotatable bonds is 2. The van der Waals surface area contributed by atoms with Crippen molar-refractivity contribution in [1.82, 2.24) is 15.2 Å². The number of carbonyl (C=O) groups is 3. The lowest BCUT2D eigenvalue weighted by molar-refractivity contribution is -0.137. The Morgan fingerprint density at radius 1 is 1.56 bits per heavy atom. The molecule has 1 N–H and O–H groups in total. The van der Waals surface area contributed by atoms with Gasteiger partial charge >= 0.3 is 0 Å². The number of aromatic nitrogens is 1. The Kier molecular flexibility index (Phi) is 3.05. The number of likely N-dealkylation sites (N-methyl/N-ethyl adjacent to an activating group) is 1. The summed E-state index contributed by atoms with van der Waals surface area (Å²) in [5.74, 6) is -2.22. The van der Waals surface area contributed by atoms with E-state index in [1.54, 1.807) is 0 Å². The zero-order chi connectivity index (χ0) is 13.3. The second-order valence-corrected chi connectivity index (χ2v) is 3.89. The highest BCUT2D eigenvalue weighted by Crippen LogP contribution is 2.11. The number of hydrogen-bond acceptors (Lipinski definition) is 4. The van der Waals surface area contributed by atoms with Gasteiger partial charge in [0, 0.05) is 24.9 Å². The Balaban J connectivity index is 2.09. The van der Waals surface area contributed by atoms with Crippen LogP contribution in [-0.2, 0) is 9.59 Å². The number of pyridine rings is 1. The standard InChI is InChI=1S/C11H10FN3O3/c1-15-9(16)5-7(11(15)18)14-10(17)6-2-3-13-8(12)4-6/h2-4,7H,5H2,1H3,(H,14,17). The normalized spacial score (nSPS) is 19.2. The fourth-order valence-corrected chi connectivity index (χ4v) is 1.65. The van der Waals surface area contributed by atoms with Gasteiger partial charge in [-0.25, -0.2) is 4.98 Å². The number of carbonyl (C=O) groups excluding carboxylic acids is 3. The summed E-state index contributed by atoms with van der Waals surface area (Å²) in [6.45, 7) is 0. The van der Waals surface area contributed by atoms with Gasteiger partial charge in [0.1, 0.15) is 6.04 Å². The van der Waals surface area contributed by atoms with Gasteiger partial charge in [-0.05, 0) is 6.07 Å². The molecule has 0 bridgehead atoms. The number of hydrogen-bond donors (Lipinski definition) is 1. The number of halogens is 1. The molecule has 0 aliphatic carbocycles. The molecule has 1 aromatic rings. The van der Waals surface area contributed by atoms with E-state index >= 15 is 0 Å². The third-order valence-corrected chi connectivity index (χ3v) is 2.68. The van der Waals surface area contributed by atoms with Gasteiger partial charge in [-0.2, -0.15) is 4.39 Å². The minimum Gasteiger partial charge on any atom is -0.340 e. The summed E-state index contributed by atoms with van der Waals surface area (Å²) in [7, 11) is 1.35. The molecule has 6 nitrogen and oxygen atoms in total. The van der Waals surface area contributed by atoms with Crippen LogP contribution >= 0.6 is 0 Å². The SMILES string of the molecule is CN1C(=O)CC(NC(=O)c2ccnc(F)c2)C1=O. The van der Waals surface area contributed by atoms with E-state index in [0.29, 0.717) is 0 Å². The molecule has 1 fully saturated rings. The lowest BCUT2D eigenvalue weighted by Crippen LogP contribution is -2.40. The average Bonchev–Trinajstić information content (AvgIpc) is 2.57. The maximum atomic E-state index is 12.8. The average molecular weight is 251 g/mol. The minimum atomic E-state index is -0.883. The van der Waals surface area contributed by atoms with Crippen LogP contribution in [0.5, 0.6) is 0 Å². The second-order valence-electron chi connectivity index (χ2n) is 3.89. The summed E-state index contributed by atoms with van der Waals surface area (Å²) in [5.41, 5.74) is 0.0531. The Bertz CT molecular complexity index is 532. The van der Waals surface area contributed by atoms with E-state index < -0.39 is 23.8 Å². The van der Waals surface area contributed by atoms with Crippen molar-refractivity contribution in [3.63, 3.8) is 0 Å². The molecule has 2 heterocycles. The van der Waals surface area contributed by atoms with Crippen LogP contribution in [0.4, 0.5) is 4.39 Å². The zero-order valence-electron chi connectivity index (χ0n) is 9.51. The highest BCUT2D eigenvalue weighted by Gasteiger charge is 2.37. The van der Waals surface area contributed by atoms with Gasteiger partial charge in [0.15, 0.2) is 0 Å². The number of nitrogens with zero attached hydrogens (tertiary/aromatic N) is 2. The number of nitrogens with one attached hydrogen (secondary N) is 1. The maximum absolute atomic E-state index is 12.8. The summed E-state index contributed by atoms with van der Waals surface area (Å²) < 4.78 is 12.8. The molecule has 2 rings (SSSR count). The van der Waals surface area contributed by atoms with E-state index in [9.17, 15) is 18.8 Å². The Morgan fingerprint density at radius 2 is 2.28 bits per heavy atom. The minimum absolute atomic E-state index is 0.0531. The summed E-state index contributed by atoms with van der Waals surface area (Å²) in [5, 5.41) is 2.39. The molecule has 18 heavy (non-hydrogen) atoms. The molecule has 0 radical (unpaired) electrons. The molecule has 1 aromatic heterocycles. The monoisotopic (exact) mass is 251 g/mol. The van der Waals surface area contributed by atoms with Crippen LogP contribution in [0.2, 0.25) is 0 Å². The van der Waals surface area contributed by atoms with Crippen LogP contribution in [0.1, 0.15) is 16.8 Å². The molecule has 0 spiro atoms. The molecule has 7 heteroatoms. The van der Waals surface area contributed by atoms with Crippen LogP contribution in [0, 0.1) is 5.95 Å². The van der Waals surface area contributed by atoms with Crippen molar-refractivity contribution >= 4 is 17.7 Å². The first-order valence-electron chi connectivity index (χ1n) is 5.22. The third kappa shape index (κ3) is 2.20. The van der Waals surface area contributed by atoms with Crippen LogP contribution in [0.15, 0.2) is 18.3 Å². The van der Waals surface area contributed by atoms with Gasteiger partial charge in [0.2, 0.25) is 11.9 Å². The van der Waals surface area contributed by atoms with Crippen molar-refractivity contribution < 1.29 is 18.8 Å². The molecule has 1 aliphatic rings. The first-order chi connectivity index (χ1) is 8.49. The van der Waals surface area contributed by atoms with Crippen LogP contribution in [-0.4, -0.2) is 40.7 Å². The van der Waals surface area contributed by atoms with Gasteiger partial charge in [-0.15, -0.1) is 0 Å². The first-order valence-corrected chi connectivity index (χ1v) is 5.22. The molecule has 1 atom stereocenters. The predicted molar refractivity (Wildman–Crippen MR) is 57.8 cm³/mol. The van der Waals surface area contributed by atoms with Gasteiger partial charge in [0.25, 0.3) is 11.8 Å². The topological polar surface area (TPSA) is 79.4 Å². The lowest BCUT2D eigenvalue weighted by Gasteiger charge is -2.10. The van der Waals surface area contributed by atoms with Crippen molar-refractivity contribution in [2.24, 2.45) is 0 Å². The molecule has 1 saturated heterocycles. The highest BCUT2D eigenvalue weighted by molar-refractivity contribution is 6.07. The quantitative estimate of drug-likeness (QED) is 0.578. The molecule has 1 unspecified atom stereocenters. The molecule has 0 saturated carbocycles. The number of imide groups is 1. The van der Waals surface area contributed by atoms with E-state index in [1.165, 1.54) is 13.1 Å². The van der Waals surface area contributed by atoms with Crippen molar-refractivity contribution in [2.75, 3.05) is 7.05 Å². The number of amides is 3. The highest BCUT2D eigenvalue weighted by atomic mass is 19.1. The first kappa shape index (κ1) is 12.2. The van der Waals surface area contributed by atoms with Gasteiger partial charge in [0.05, 0.1) is 6.42 Å². The summed E-state index contributed by atoms with van der Waals surface area (Å²) in [6, 6.07) is 1.40. The molecule has 94 valence electrons. The van der Waals surface area contributed by atoms with Crippen molar-refractivity contribution in [3.8, 4) is 0 Å². The van der Waals surface area contributed by atoms with Gasteiger partial charge in [-0.1, -0.05) is 0 Å². The van der Waals surface area contributed by atoms with Gasteiger partial charge in [-0.3, -0.25) is 19.3 Å². The van der Waals surface area contributed by atoms with Crippen molar-refractivity contribution in [2.45, 2.75) is 12.5 Å². The van der Waals surface area contributed by atoms with E-state index in [-0.39, 0.29) is 17.9 Å². The van der Waals surface area contributed by atoms with Crippen LogP contribution < -0.4 is 5.32 Å². The van der Waals surface area contributed by atoms with E-state index in [1.807, 2.05) is 0 Å². The Morgan fingerprint density at radius 3 is 2.83 bits per heavy atom. The molecular formula is C11H10FN3O3. The van der Waals surface area contributed by atoms with E-state index in [2.05, 4.69) is 10.3 Å². The molecular weight excluding hydrogens is 241 g/mol. The fourth-order valence-electron chi connectivity index (χ4n) is 1.65. The Hall–Kier alpha value is -2.31. The zero-order valence-corrected chi connectivity index (χ0v) is 9.51. The van der Waals surface area contributed by atoms with E-state index in [4.69, 9.17) is 0 Å². The molecule has 3 amide bonds. The summed E-state index contributed by atoms with van der Waals surface area (Å²) in [4.78, 5) is 38.8. The summed E-state index contributed by atoms with van der Waals surface area (Å²) in [6.07, 6.45) is 1.08. The second kappa shape index (κ2) is 4.52. The largest absolute Gasteiger partial charge is 0.340 e.